The van der Waals surface area contributed by atoms with E-state index in [1.54, 1.807) is 0 Å². The standard InChI is InChI=1S/C11H22N.2Mo/c1-9-7-6-8-11(10(9)2)12(3,4)5;;/h6,8-11H,7H2,1-5H3;;/q+1;;/t9?,10-,11?;;/m1../s1. The van der Waals surface area contributed by atoms with Crippen molar-refractivity contribution in [2.45, 2.75) is 34.9 Å². The van der Waals surface area contributed by atoms with Gasteiger partial charge in [-0.3, -0.25) is 0 Å². The first-order valence-corrected chi connectivity index (χ1v) is 7.69. The van der Waals surface area contributed by atoms with Crippen LogP contribution in [0.25, 0.3) is 0 Å². The first kappa shape index (κ1) is 13.4. The van der Waals surface area contributed by atoms with Crippen LogP contribution in [0.4, 0.5) is 0 Å². The van der Waals surface area contributed by atoms with Gasteiger partial charge in [-0.25, -0.2) is 0 Å². The van der Waals surface area contributed by atoms with E-state index in [1.807, 2.05) is 0 Å². The third-order valence-electron chi connectivity index (χ3n) is 3.64. The zero-order valence-corrected chi connectivity index (χ0v) is 13.9. The van der Waals surface area contributed by atoms with Gasteiger partial charge in [-0.15, -0.1) is 0 Å². The monoisotopic (exact) mass is 364 g/mol. The predicted molar refractivity (Wildman–Crippen MR) is 52.3 cm³/mol. The summed E-state index contributed by atoms with van der Waals surface area (Å²) in [6, 6.07) is 0.834. The normalized spacial score (nSPS) is 45.1. The molecular formula is C11H22Mo2N+. The summed E-state index contributed by atoms with van der Waals surface area (Å²) >= 11 is 4.72. The fourth-order valence-corrected chi connectivity index (χ4v) is 5.64. The summed E-state index contributed by atoms with van der Waals surface area (Å²) in [7, 11) is 7.06. The summed E-state index contributed by atoms with van der Waals surface area (Å²) in [6.07, 6.45) is 1.42. The number of hydrogen-bond donors (Lipinski definition) is 0. The summed E-state index contributed by atoms with van der Waals surface area (Å²) < 4.78 is 2.91. The predicted octanol–water partition coefficient (Wildman–Crippen LogP) is 2.41. The molecule has 0 radical (unpaired) electrons. The van der Waals surface area contributed by atoms with E-state index in [9.17, 15) is 0 Å². The quantitative estimate of drug-likeness (QED) is 0.498. The van der Waals surface area contributed by atoms with E-state index in [2.05, 4.69) is 74.6 Å². The summed E-state index contributed by atoms with van der Waals surface area (Å²) in [6.45, 7) is 4.88. The summed E-state index contributed by atoms with van der Waals surface area (Å²) in [5, 5.41) is 0. The van der Waals surface area contributed by atoms with Crippen LogP contribution in [0.5, 0.6) is 0 Å². The fraction of sp³-hybridized carbons (Fsp3) is 1.00. The second-order valence-corrected chi connectivity index (χ2v) is 8.51. The molecule has 0 spiro atoms. The van der Waals surface area contributed by atoms with Crippen molar-refractivity contribution < 1.29 is 44.1 Å². The Labute approximate surface area is 111 Å². The SMILES string of the molecule is CC1C[CH]([Mo])[CH]([Mo])C([N+](C)(C)C)[C@@H]1C. The van der Waals surface area contributed by atoms with Gasteiger partial charge in [0, 0.05) is 0 Å². The Morgan fingerprint density at radius 2 is 1.57 bits per heavy atom. The Kier molecular flexibility index (Phi) is 4.48. The zero-order valence-electron chi connectivity index (χ0n) is 9.86. The molecule has 0 amide bonds. The van der Waals surface area contributed by atoms with Gasteiger partial charge in [-0.2, -0.15) is 0 Å². The van der Waals surface area contributed by atoms with Crippen LogP contribution in [0, 0.1) is 11.8 Å². The van der Waals surface area contributed by atoms with Crippen molar-refractivity contribution in [3.05, 3.63) is 0 Å². The molecule has 0 aromatic carbocycles. The van der Waals surface area contributed by atoms with Crippen molar-refractivity contribution in [3.8, 4) is 0 Å². The van der Waals surface area contributed by atoms with Crippen LogP contribution in [-0.4, -0.2) is 31.7 Å². The number of nitrogens with zero attached hydrogens (tertiary/aromatic N) is 1. The van der Waals surface area contributed by atoms with E-state index in [-0.39, 0.29) is 0 Å². The van der Waals surface area contributed by atoms with Gasteiger partial charge in [0.15, 0.2) is 0 Å². The van der Waals surface area contributed by atoms with Crippen molar-refractivity contribution in [3.63, 3.8) is 0 Å². The topological polar surface area (TPSA) is 0 Å². The molecule has 14 heavy (non-hydrogen) atoms. The molecule has 0 N–H and O–H groups in total. The number of rotatable bonds is 1. The maximum atomic E-state index is 2.45. The molecule has 1 fully saturated rings. The van der Waals surface area contributed by atoms with Gasteiger partial charge >= 0.3 is 112 Å². The molecule has 0 aromatic heterocycles. The molecule has 1 saturated carbocycles. The Hall–Kier alpha value is 1.34. The van der Waals surface area contributed by atoms with E-state index < -0.39 is 0 Å². The molecule has 82 valence electrons. The van der Waals surface area contributed by atoms with E-state index >= 15 is 0 Å². The molecule has 1 aliphatic rings. The molecular weight excluding hydrogens is 338 g/mol. The van der Waals surface area contributed by atoms with Crippen LogP contribution in [0.2, 0.25) is 8.62 Å². The third-order valence-corrected chi connectivity index (χ3v) is 7.54. The second kappa shape index (κ2) is 4.68. The van der Waals surface area contributed by atoms with E-state index in [1.165, 1.54) is 6.42 Å². The van der Waals surface area contributed by atoms with Crippen molar-refractivity contribution in [2.24, 2.45) is 11.8 Å². The van der Waals surface area contributed by atoms with Crippen LogP contribution in [0.3, 0.4) is 0 Å². The van der Waals surface area contributed by atoms with E-state index in [0.29, 0.717) is 0 Å². The maximum absolute atomic E-state index is 2.45. The average Bonchev–Trinajstić information content (AvgIpc) is 1.98. The molecule has 1 rings (SSSR count). The van der Waals surface area contributed by atoms with Crippen LogP contribution < -0.4 is 0 Å². The first-order valence-electron chi connectivity index (χ1n) is 5.38. The Bertz CT molecular complexity index is 186. The number of quaternary nitrogens is 1. The van der Waals surface area contributed by atoms with Crippen LogP contribution in [0.1, 0.15) is 20.3 Å². The molecule has 5 atom stereocenters. The summed E-state index contributed by atoms with van der Waals surface area (Å²) in [5.41, 5.74) is 0. The van der Waals surface area contributed by atoms with Crippen molar-refractivity contribution in [1.82, 2.24) is 0 Å². The molecule has 0 heterocycles. The van der Waals surface area contributed by atoms with Crippen molar-refractivity contribution in [2.75, 3.05) is 21.1 Å². The molecule has 1 aliphatic carbocycles. The van der Waals surface area contributed by atoms with Gasteiger partial charge in [0.05, 0.1) is 0 Å². The zero-order chi connectivity index (χ0) is 11.1. The minimum absolute atomic E-state index is 0.834. The molecule has 4 unspecified atom stereocenters. The summed E-state index contributed by atoms with van der Waals surface area (Å²) in [5.74, 6) is 1.76. The minimum atomic E-state index is 0.834. The van der Waals surface area contributed by atoms with Gasteiger partial charge < -0.3 is 0 Å². The van der Waals surface area contributed by atoms with Gasteiger partial charge in [0.2, 0.25) is 0 Å². The molecule has 0 bridgehead atoms. The fourth-order valence-electron chi connectivity index (χ4n) is 2.72. The van der Waals surface area contributed by atoms with Crippen LogP contribution >= 0.6 is 0 Å². The molecule has 3 heteroatoms. The van der Waals surface area contributed by atoms with Gasteiger partial charge in [-0.1, -0.05) is 0 Å². The average molecular weight is 360 g/mol. The van der Waals surface area contributed by atoms with E-state index in [0.717, 1.165) is 31.0 Å². The molecule has 1 nitrogen and oxygen atoms in total. The van der Waals surface area contributed by atoms with Gasteiger partial charge in [0.25, 0.3) is 0 Å². The van der Waals surface area contributed by atoms with Crippen molar-refractivity contribution in [1.29, 1.82) is 0 Å². The molecule has 0 saturated heterocycles. The molecule has 0 aliphatic heterocycles. The Morgan fingerprint density at radius 1 is 1.07 bits per heavy atom. The van der Waals surface area contributed by atoms with Crippen molar-refractivity contribution >= 4 is 0 Å². The first-order chi connectivity index (χ1) is 6.25. The van der Waals surface area contributed by atoms with E-state index in [4.69, 9.17) is 0 Å². The van der Waals surface area contributed by atoms with Gasteiger partial charge in [0.1, 0.15) is 0 Å². The van der Waals surface area contributed by atoms with Crippen LogP contribution in [0.15, 0.2) is 0 Å². The second-order valence-electron chi connectivity index (χ2n) is 5.68. The molecule has 0 aromatic rings. The summed E-state index contributed by atoms with van der Waals surface area (Å²) in [4.78, 5) is 0. The third kappa shape index (κ3) is 2.72. The number of hydrogen-bond acceptors (Lipinski definition) is 0. The Morgan fingerprint density at radius 3 is 2.00 bits per heavy atom. The van der Waals surface area contributed by atoms with Crippen LogP contribution in [-0.2, 0) is 39.6 Å². The van der Waals surface area contributed by atoms with Gasteiger partial charge in [-0.05, 0) is 0 Å². The Balaban J connectivity index is 2.88.